The lowest BCUT2D eigenvalue weighted by Gasteiger charge is -2.23. The maximum Gasteiger partial charge on any atom is 0.0793 e. The Bertz CT molecular complexity index is 356. The van der Waals surface area contributed by atoms with Crippen LogP contribution in [-0.2, 0) is 4.74 Å². The molecule has 2 rings (SSSR count). The molecule has 5 heteroatoms. The van der Waals surface area contributed by atoms with Gasteiger partial charge in [-0.05, 0) is 18.2 Å². The summed E-state index contributed by atoms with van der Waals surface area (Å²) >= 11 is 13.7. The smallest absolute Gasteiger partial charge is 0.0793 e. The lowest BCUT2D eigenvalue weighted by Crippen LogP contribution is -2.39. The van der Waals surface area contributed by atoms with Crippen molar-refractivity contribution in [3.8, 4) is 0 Å². The number of benzene rings is 1. The molecule has 88 valence electrons. The third-order valence-electron chi connectivity index (χ3n) is 2.32. The highest BCUT2D eigenvalue weighted by Gasteiger charge is 2.14. The number of hydrogen-bond donors (Lipinski definition) is 1. The Balaban J connectivity index is 1.90. The van der Waals surface area contributed by atoms with E-state index in [1.54, 1.807) is 17.8 Å². The van der Waals surface area contributed by atoms with Crippen LogP contribution in [0.25, 0.3) is 0 Å². The molecule has 1 aliphatic heterocycles. The fraction of sp³-hybridized carbons (Fsp3) is 0.455. The highest BCUT2D eigenvalue weighted by Crippen LogP contribution is 2.30. The van der Waals surface area contributed by atoms with Crippen LogP contribution in [0.2, 0.25) is 10.0 Å². The van der Waals surface area contributed by atoms with E-state index in [1.165, 1.54) is 0 Å². The van der Waals surface area contributed by atoms with Crippen LogP contribution in [0.4, 0.5) is 0 Å². The molecular formula is C11H13Cl2NOS. The van der Waals surface area contributed by atoms with Gasteiger partial charge in [0.1, 0.15) is 0 Å². The van der Waals surface area contributed by atoms with Crippen molar-refractivity contribution in [2.75, 3.05) is 25.4 Å². The zero-order valence-electron chi connectivity index (χ0n) is 8.71. The van der Waals surface area contributed by atoms with Gasteiger partial charge in [0.15, 0.2) is 0 Å². The van der Waals surface area contributed by atoms with Crippen molar-refractivity contribution in [1.82, 2.24) is 5.32 Å². The molecule has 1 unspecified atom stereocenters. The van der Waals surface area contributed by atoms with Crippen LogP contribution in [0, 0.1) is 0 Å². The van der Waals surface area contributed by atoms with Gasteiger partial charge < -0.3 is 10.1 Å². The summed E-state index contributed by atoms with van der Waals surface area (Å²) in [4.78, 5) is 1.02. The molecule has 0 bridgehead atoms. The molecule has 1 fully saturated rings. The summed E-state index contributed by atoms with van der Waals surface area (Å²) in [6.45, 7) is 2.64. The molecule has 0 radical (unpaired) electrons. The van der Waals surface area contributed by atoms with Crippen LogP contribution in [-0.4, -0.2) is 31.6 Å². The molecule has 2 nitrogen and oxygen atoms in total. The van der Waals surface area contributed by atoms with Gasteiger partial charge in [-0.25, -0.2) is 0 Å². The molecule has 1 N–H and O–H groups in total. The van der Waals surface area contributed by atoms with E-state index in [4.69, 9.17) is 27.9 Å². The summed E-state index contributed by atoms with van der Waals surface area (Å²) in [5.41, 5.74) is 0. The van der Waals surface area contributed by atoms with E-state index < -0.39 is 0 Å². The Morgan fingerprint density at radius 1 is 1.44 bits per heavy atom. The molecule has 1 heterocycles. The normalized spacial score (nSPS) is 21.0. The van der Waals surface area contributed by atoms with E-state index in [0.29, 0.717) is 0 Å². The van der Waals surface area contributed by atoms with Crippen LogP contribution < -0.4 is 5.32 Å². The first kappa shape index (κ1) is 12.5. The fourth-order valence-electron chi connectivity index (χ4n) is 1.50. The lowest BCUT2D eigenvalue weighted by molar-refractivity contribution is 0.0441. The second-order valence-corrected chi connectivity index (χ2v) is 5.49. The number of halogens is 2. The average molecular weight is 278 g/mol. The van der Waals surface area contributed by atoms with E-state index in [1.807, 2.05) is 12.1 Å². The zero-order chi connectivity index (χ0) is 11.4. The topological polar surface area (TPSA) is 21.3 Å². The predicted octanol–water partition coefficient (Wildman–Crippen LogP) is 3.07. The number of ether oxygens (including phenoxy) is 1. The van der Waals surface area contributed by atoms with Gasteiger partial charge in [0, 0.05) is 28.8 Å². The largest absolute Gasteiger partial charge is 0.375 e. The Hall–Kier alpha value is 0.0700. The van der Waals surface area contributed by atoms with Gasteiger partial charge in [0.05, 0.1) is 17.7 Å². The summed E-state index contributed by atoms with van der Waals surface area (Å²) < 4.78 is 5.61. The summed E-state index contributed by atoms with van der Waals surface area (Å²) in [5, 5.41) is 4.77. The number of rotatable bonds is 3. The molecule has 1 aromatic carbocycles. The first-order valence-electron chi connectivity index (χ1n) is 5.16. The number of hydrogen-bond acceptors (Lipinski definition) is 3. The molecule has 1 saturated heterocycles. The fourth-order valence-corrected chi connectivity index (χ4v) is 3.01. The Morgan fingerprint density at radius 2 is 2.31 bits per heavy atom. The first-order valence-corrected chi connectivity index (χ1v) is 6.90. The minimum Gasteiger partial charge on any atom is -0.375 e. The van der Waals surface area contributed by atoms with E-state index in [0.717, 1.165) is 40.4 Å². The monoisotopic (exact) mass is 277 g/mol. The Labute approximate surface area is 110 Å². The van der Waals surface area contributed by atoms with Crippen LogP contribution in [0.15, 0.2) is 23.1 Å². The number of morpholine rings is 1. The molecule has 0 spiro atoms. The Kier molecular flexibility index (Phi) is 4.79. The van der Waals surface area contributed by atoms with Crippen LogP contribution in [0.1, 0.15) is 0 Å². The average Bonchev–Trinajstić information content (AvgIpc) is 2.32. The lowest BCUT2D eigenvalue weighted by atomic mass is 10.3. The van der Waals surface area contributed by atoms with Gasteiger partial charge in [-0.15, -0.1) is 11.8 Å². The van der Waals surface area contributed by atoms with Crippen LogP contribution >= 0.6 is 35.0 Å². The quantitative estimate of drug-likeness (QED) is 0.859. The van der Waals surface area contributed by atoms with Crippen molar-refractivity contribution < 1.29 is 4.74 Å². The van der Waals surface area contributed by atoms with Gasteiger partial charge in [-0.3, -0.25) is 0 Å². The molecule has 1 aliphatic rings. The standard InChI is InChI=1S/C11H13Cl2NOS/c12-8-1-2-10(13)11(5-8)16-7-9-6-14-3-4-15-9/h1-2,5,9,14H,3-4,6-7H2. The highest BCUT2D eigenvalue weighted by atomic mass is 35.5. The minimum atomic E-state index is 0.258. The van der Waals surface area contributed by atoms with E-state index in [2.05, 4.69) is 5.32 Å². The van der Waals surface area contributed by atoms with Crippen LogP contribution in [0.3, 0.4) is 0 Å². The number of thioether (sulfide) groups is 1. The molecule has 0 aliphatic carbocycles. The van der Waals surface area contributed by atoms with E-state index >= 15 is 0 Å². The second-order valence-electron chi connectivity index (χ2n) is 3.58. The number of nitrogens with one attached hydrogen (secondary N) is 1. The third kappa shape index (κ3) is 3.54. The van der Waals surface area contributed by atoms with Gasteiger partial charge in [0.25, 0.3) is 0 Å². The molecule has 1 atom stereocenters. The van der Waals surface area contributed by atoms with Gasteiger partial charge >= 0.3 is 0 Å². The maximum atomic E-state index is 6.08. The molecule has 16 heavy (non-hydrogen) atoms. The minimum absolute atomic E-state index is 0.258. The molecular weight excluding hydrogens is 265 g/mol. The van der Waals surface area contributed by atoms with Crippen molar-refractivity contribution >= 4 is 35.0 Å². The summed E-state index contributed by atoms with van der Waals surface area (Å²) in [5.74, 6) is 0.896. The predicted molar refractivity (Wildman–Crippen MR) is 69.8 cm³/mol. The first-order chi connectivity index (χ1) is 7.75. The summed E-state index contributed by atoms with van der Waals surface area (Å²) in [6, 6.07) is 5.52. The van der Waals surface area contributed by atoms with Crippen LogP contribution in [0.5, 0.6) is 0 Å². The van der Waals surface area contributed by atoms with Gasteiger partial charge in [-0.2, -0.15) is 0 Å². The van der Waals surface area contributed by atoms with Crippen molar-refractivity contribution in [2.24, 2.45) is 0 Å². The molecule has 0 aromatic heterocycles. The van der Waals surface area contributed by atoms with Crippen molar-refractivity contribution in [1.29, 1.82) is 0 Å². The van der Waals surface area contributed by atoms with Gasteiger partial charge in [-0.1, -0.05) is 23.2 Å². The maximum absolute atomic E-state index is 6.08. The highest BCUT2D eigenvalue weighted by molar-refractivity contribution is 7.99. The third-order valence-corrected chi connectivity index (χ3v) is 4.19. The van der Waals surface area contributed by atoms with Crippen molar-refractivity contribution in [3.63, 3.8) is 0 Å². The second kappa shape index (κ2) is 6.12. The zero-order valence-corrected chi connectivity index (χ0v) is 11.0. The SMILES string of the molecule is Clc1ccc(Cl)c(SCC2CNCCO2)c1. The summed E-state index contributed by atoms with van der Waals surface area (Å²) in [6.07, 6.45) is 0.258. The Morgan fingerprint density at radius 3 is 3.06 bits per heavy atom. The molecule has 1 aromatic rings. The van der Waals surface area contributed by atoms with Crippen molar-refractivity contribution in [2.45, 2.75) is 11.0 Å². The molecule has 0 amide bonds. The molecule has 0 saturated carbocycles. The van der Waals surface area contributed by atoms with E-state index in [-0.39, 0.29) is 6.10 Å². The summed E-state index contributed by atoms with van der Waals surface area (Å²) in [7, 11) is 0. The van der Waals surface area contributed by atoms with E-state index in [9.17, 15) is 0 Å². The van der Waals surface area contributed by atoms with Crippen molar-refractivity contribution in [3.05, 3.63) is 28.2 Å². The van der Waals surface area contributed by atoms with Gasteiger partial charge in [0.2, 0.25) is 0 Å².